The van der Waals surface area contributed by atoms with Gasteiger partial charge in [-0.2, -0.15) is 0 Å². The third-order valence-electron chi connectivity index (χ3n) is 4.13. The molecule has 1 unspecified atom stereocenters. The molecule has 1 aliphatic rings. The number of halogens is 1. The van der Waals surface area contributed by atoms with E-state index in [1.165, 1.54) is 0 Å². The molecule has 0 radical (unpaired) electrons. The van der Waals surface area contributed by atoms with Crippen LogP contribution in [0.1, 0.15) is 25.8 Å². The number of nitrogens with zero attached hydrogens (tertiary/aromatic N) is 2. The molecule has 0 aliphatic carbocycles. The molecule has 4 nitrogen and oxygen atoms in total. The molecular weight excluding hydrogens is 300 g/mol. The monoisotopic (exact) mass is 324 g/mol. The van der Waals surface area contributed by atoms with Gasteiger partial charge in [-0.15, -0.1) is 0 Å². The molecule has 5 heteroatoms. The van der Waals surface area contributed by atoms with E-state index < -0.39 is 6.10 Å². The van der Waals surface area contributed by atoms with E-state index in [4.69, 9.17) is 16.3 Å². The molecule has 0 spiro atoms. The number of hydrogen-bond donors (Lipinski definition) is 0. The van der Waals surface area contributed by atoms with E-state index in [9.17, 15) is 4.79 Å². The second-order valence-electron chi connectivity index (χ2n) is 5.71. The summed E-state index contributed by atoms with van der Waals surface area (Å²) in [5.41, 5.74) is 1.07. The summed E-state index contributed by atoms with van der Waals surface area (Å²) >= 11 is 6.17. The molecule has 0 aromatic heterocycles. The van der Waals surface area contributed by atoms with E-state index in [0.717, 1.165) is 38.3 Å². The highest BCUT2D eigenvalue weighted by Crippen LogP contribution is 2.27. The maximum absolute atomic E-state index is 12.7. The van der Waals surface area contributed by atoms with E-state index in [1.807, 2.05) is 36.9 Å². The Labute approximate surface area is 138 Å². The quantitative estimate of drug-likeness (QED) is 0.834. The summed E-state index contributed by atoms with van der Waals surface area (Å²) in [5, 5.41) is 0.549. The summed E-state index contributed by atoms with van der Waals surface area (Å²) < 4.78 is 5.91. The molecule has 1 aliphatic heterocycles. The zero-order valence-corrected chi connectivity index (χ0v) is 14.4. The van der Waals surface area contributed by atoms with Crippen molar-refractivity contribution >= 4 is 17.5 Å². The van der Waals surface area contributed by atoms with E-state index >= 15 is 0 Å². The Morgan fingerprint density at radius 3 is 2.55 bits per heavy atom. The van der Waals surface area contributed by atoms with Crippen molar-refractivity contribution in [2.75, 3.05) is 32.7 Å². The molecule has 0 saturated carbocycles. The first-order valence-electron chi connectivity index (χ1n) is 7.99. The van der Waals surface area contributed by atoms with Gasteiger partial charge in [0, 0.05) is 26.2 Å². The van der Waals surface area contributed by atoms with E-state index in [-0.39, 0.29) is 5.91 Å². The molecule has 1 aromatic carbocycles. The number of benzene rings is 1. The third-order valence-corrected chi connectivity index (χ3v) is 4.45. The lowest BCUT2D eigenvalue weighted by molar-refractivity contribution is -0.140. The van der Waals surface area contributed by atoms with Crippen molar-refractivity contribution < 1.29 is 9.53 Å². The fourth-order valence-electron chi connectivity index (χ4n) is 2.65. The molecule has 1 atom stereocenters. The lowest BCUT2D eigenvalue weighted by atomic mass is 10.2. The van der Waals surface area contributed by atoms with Gasteiger partial charge >= 0.3 is 0 Å². The zero-order chi connectivity index (χ0) is 16.1. The van der Waals surface area contributed by atoms with Crippen molar-refractivity contribution in [3.05, 3.63) is 28.8 Å². The highest BCUT2D eigenvalue weighted by atomic mass is 35.5. The number of piperazine rings is 1. The average Bonchev–Trinajstić information content (AvgIpc) is 2.55. The second kappa shape index (κ2) is 7.84. The van der Waals surface area contributed by atoms with Crippen LogP contribution in [0.5, 0.6) is 5.75 Å². The molecule has 122 valence electrons. The average molecular weight is 325 g/mol. The van der Waals surface area contributed by atoms with Gasteiger partial charge in [-0.3, -0.25) is 4.79 Å². The van der Waals surface area contributed by atoms with Gasteiger partial charge in [-0.1, -0.05) is 31.5 Å². The first kappa shape index (κ1) is 17.1. The van der Waals surface area contributed by atoms with Crippen molar-refractivity contribution in [2.45, 2.75) is 33.3 Å². The minimum atomic E-state index is -0.465. The van der Waals surface area contributed by atoms with Crippen LogP contribution in [0.4, 0.5) is 0 Å². The highest BCUT2D eigenvalue weighted by molar-refractivity contribution is 6.32. The number of likely N-dealkylation sites (N-methyl/N-ethyl adjacent to an activating group) is 1. The molecule has 1 amide bonds. The molecule has 22 heavy (non-hydrogen) atoms. The summed E-state index contributed by atoms with van der Waals surface area (Å²) in [5.74, 6) is 0.657. The maximum atomic E-state index is 12.7. The normalized spacial score (nSPS) is 17.4. The maximum Gasteiger partial charge on any atom is 0.263 e. The van der Waals surface area contributed by atoms with E-state index in [2.05, 4.69) is 11.8 Å². The van der Waals surface area contributed by atoms with Crippen LogP contribution in [0, 0.1) is 6.92 Å². The minimum absolute atomic E-state index is 0.0656. The van der Waals surface area contributed by atoms with Gasteiger partial charge in [0.2, 0.25) is 0 Å². The van der Waals surface area contributed by atoms with Crippen LogP contribution in [-0.4, -0.2) is 54.5 Å². The Kier molecular flexibility index (Phi) is 6.09. The van der Waals surface area contributed by atoms with Gasteiger partial charge < -0.3 is 14.5 Å². The smallest absolute Gasteiger partial charge is 0.263 e. The molecule has 1 saturated heterocycles. The van der Waals surface area contributed by atoms with Crippen LogP contribution in [0.15, 0.2) is 18.2 Å². The van der Waals surface area contributed by atoms with Gasteiger partial charge in [-0.05, 0) is 37.6 Å². The van der Waals surface area contributed by atoms with Crippen molar-refractivity contribution in [1.29, 1.82) is 0 Å². The highest BCUT2D eigenvalue weighted by Gasteiger charge is 2.27. The Morgan fingerprint density at radius 1 is 1.27 bits per heavy atom. The Morgan fingerprint density at radius 2 is 1.95 bits per heavy atom. The van der Waals surface area contributed by atoms with E-state index in [1.54, 1.807) is 0 Å². The van der Waals surface area contributed by atoms with Gasteiger partial charge in [-0.25, -0.2) is 0 Å². The van der Waals surface area contributed by atoms with Gasteiger partial charge in [0.1, 0.15) is 5.75 Å². The number of aryl methyl sites for hydroxylation is 1. The topological polar surface area (TPSA) is 32.8 Å². The Bertz CT molecular complexity index is 513. The summed E-state index contributed by atoms with van der Waals surface area (Å²) in [6, 6.07) is 5.62. The zero-order valence-electron chi connectivity index (χ0n) is 13.6. The third kappa shape index (κ3) is 4.14. The molecule has 0 bridgehead atoms. The number of ether oxygens (including phenoxy) is 1. The Balaban J connectivity index is 2.02. The summed E-state index contributed by atoms with van der Waals surface area (Å²) in [6.07, 6.45) is 0.171. The number of carbonyl (C=O) groups is 1. The van der Waals surface area contributed by atoms with Crippen LogP contribution in [-0.2, 0) is 4.79 Å². The first-order chi connectivity index (χ1) is 10.5. The molecule has 2 rings (SSSR count). The molecule has 1 aromatic rings. The molecular formula is C17H25ClN2O2. The number of rotatable bonds is 5. The van der Waals surface area contributed by atoms with Crippen molar-refractivity contribution in [1.82, 2.24) is 9.80 Å². The summed E-state index contributed by atoms with van der Waals surface area (Å²) in [4.78, 5) is 16.9. The minimum Gasteiger partial charge on any atom is -0.479 e. The van der Waals surface area contributed by atoms with Crippen molar-refractivity contribution in [3.8, 4) is 5.75 Å². The van der Waals surface area contributed by atoms with Crippen LogP contribution >= 0.6 is 11.6 Å². The Hall–Kier alpha value is -1.26. The van der Waals surface area contributed by atoms with E-state index in [0.29, 0.717) is 17.2 Å². The predicted octanol–water partition coefficient (Wildman–Crippen LogP) is 2.97. The van der Waals surface area contributed by atoms with Crippen LogP contribution in [0.25, 0.3) is 0 Å². The van der Waals surface area contributed by atoms with Gasteiger partial charge in [0.25, 0.3) is 5.91 Å². The predicted molar refractivity (Wildman–Crippen MR) is 89.6 cm³/mol. The van der Waals surface area contributed by atoms with Crippen LogP contribution < -0.4 is 4.74 Å². The molecule has 1 fully saturated rings. The summed E-state index contributed by atoms with van der Waals surface area (Å²) in [7, 11) is 0. The van der Waals surface area contributed by atoms with Crippen molar-refractivity contribution in [3.63, 3.8) is 0 Å². The SMILES string of the molecule is CCC(Oc1cc(C)ccc1Cl)C(=O)N1CCN(CC)CC1. The molecule has 1 heterocycles. The number of carbonyl (C=O) groups excluding carboxylic acids is 1. The first-order valence-corrected chi connectivity index (χ1v) is 8.36. The fraction of sp³-hybridized carbons (Fsp3) is 0.588. The van der Waals surface area contributed by atoms with Crippen molar-refractivity contribution in [2.24, 2.45) is 0 Å². The largest absolute Gasteiger partial charge is 0.479 e. The van der Waals surface area contributed by atoms with Gasteiger partial charge in [0.05, 0.1) is 5.02 Å². The summed E-state index contributed by atoms with van der Waals surface area (Å²) in [6.45, 7) is 10.5. The van der Waals surface area contributed by atoms with Crippen LogP contribution in [0.3, 0.4) is 0 Å². The number of amides is 1. The van der Waals surface area contributed by atoms with Gasteiger partial charge in [0.15, 0.2) is 6.10 Å². The second-order valence-corrected chi connectivity index (χ2v) is 6.12. The lowest BCUT2D eigenvalue weighted by Gasteiger charge is -2.35. The fourth-order valence-corrected chi connectivity index (χ4v) is 2.81. The molecule has 0 N–H and O–H groups in total. The lowest BCUT2D eigenvalue weighted by Crippen LogP contribution is -2.52. The number of hydrogen-bond acceptors (Lipinski definition) is 3. The van der Waals surface area contributed by atoms with Crippen LogP contribution in [0.2, 0.25) is 5.02 Å². The standard InChI is InChI=1S/C17H25ClN2O2/c1-4-15(22-16-12-13(3)6-7-14(16)18)17(21)20-10-8-19(5-2)9-11-20/h6-7,12,15H,4-5,8-11H2,1-3H3.